The second kappa shape index (κ2) is 6.73. The number of aliphatic imine (C=N–C) groups is 1. The number of carbonyl (C=O) groups excluding carboxylic acids is 1. The van der Waals surface area contributed by atoms with Crippen LogP contribution < -0.4 is 5.32 Å². The number of benzene rings is 2. The van der Waals surface area contributed by atoms with Crippen LogP contribution in [0.25, 0.3) is 6.08 Å². The van der Waals surface area contributed by atoms with E-state index in [1.165, 1.54) is 42.5 Å². The van der Waals surface area contributed by atoms with Gasteiger partial charge < -0.3 is 5.32 Å². The van der Waals surface area contributed by atoms with Crippen molar-refractivity contribution in [1.29, 1.82) is 0 Å². The normalized spacial score (nSPS) is 14.9. The monoisotopic (exact) mass is 372 g/mol. The predicted molar refractivity (Wildman–Crippen MR) is 93.9 cm³/mol. The first-order valence-corrected chi connectivity index (χ1v) is 7.53. The van der Waals surface area contributed by atoms with Gasteiger partial charge >= 0.3 is 0 Å². The number of halogens is 1. The molecule has 0 fully saturated rings. The minimum Gasteiger partial charge on any atom is -0.305 e. The molecule has 0 saturated carbocycles. The summed E-state index contributed by atoms with van der Waals surface area (Å²) < 4.78 is 0. The zero-order chi connectivity index (χ0) is 18.8. The zero-order valence-electron chi connectivity index (χ0n) is 12.9. The Morgan fingerprint density at radius 3 is 2.54 bits per heavy atom. The minimum atomic E-state index is -0.636. The van der Waals surface area contributed by atoms with Crippen LogP contribution in [-0.4, -0.2) is 21.6 Å². The molecule has 10 heteroatoms. The number of nitrogens with zero attached hydrogens (tertiary/aromatic N) is 3. The Balaban J connectivity index is 1.97. The molecule has 0 spiro atoms. The van der Waals surface area contributed by atoms with Gasteiger partial charge in [0.1, 0.15) is 16.6 Å². The molecule has 0 unspecified atom stereocenters. The van der Waals surface area contributed by atoms with Crippen LogP contribution in [-0.2, 0) is 4.79 Å². The van der Waals surface area contributed by atoms with Crippen LogP contribution in [0.15, 0.2) is 53.2 Å². The lowest BCUT2D eigenvalue weighted by atomic mass is 10.1. The van der Waals surface area contributed by atoms with Gasteiger partial charge in [0, 0.05) is 23.8 Å². The number of nitro benzene ring substituents is 2. The number of non-ortho nitro benzene ring substituents is 1. The zero-order valence-corrected chi connectivity index (χ0v) is 13.6. The van der Waals surface area contributed by atoms with Crippen LogP contribution in [0.1, 0.15) is 11.1 Å². The highest BCUT2D eigenvalue weighted by molar-refractivity contribution is 6.33. The smallest absolute Gasteiger partial charge is 0.288 e. The maximum atomic E-state index is 12.1. The van der Waals surface area contributed by atoms with E-state index in [4.69, 9.17) is 11.6 Å². The van der Waals surface area contributed by atoms with Crippen molar-refractivity contribution in [3.05, 3.63) is 84.5 Å². The lowest BCUT2D eigenvalue weighted by Gasteiger charge is -2.01. The van der Waals surface area contributed by atoms with Crippen molar-refractivity contribution < 1.29 is 14.6 Å². The molecule has 1 aliphatic rings. The third-order valence-corrected chi connectivity index (χ3v) is 3.82. The fourth-order valence-electron chi connectivity index (χ4n) is 2.29. The maximum absolute atomic E-state index is 12.1. The summed E-state index contributed by atoms with van der Waals surface area (Å²) in [5, 5.41) is 24.3. The van der Waals surface area contributed by atoms with E-state index in [0.29, 0.717) is 11.1 Å². The Bertz CT molecular complexity index is 1020. The van der Waals surface area contributed by atoms with Gasteiger partial charge in [0.05, 0.1) is 9.85 Å². The lowest BCUT2D eigenvalue weighted by Crippen LogP contribution is -2.24. The first-order chi connectivity index (χ1) is 12.3. The number of hydrogen-bond acceptors (Lipinski definition) is 6. The molecule has 1 heterocycles. The summed E-state index contributed by atoms with van der Waals surface area (Å²) >= 11 is 5.77. The van der Waals surface area contributed by atoms with Gasteiger partial charge in [0.2, 0.25) is 0 Å². The van der Waals surface area contributed by atoms with Crippen LogP contribution in [0.5, 0.6) is 0 Å². The van der Waals surface area contributed by atoms with E-state index >= 15 is 0 Å². The van der Waals surface area contributed by atoms with E-state index in [2.05, 4.69) is 10.3 Å². The summed E-state index contributed by atoms with van der Waals surface area (Å²) in [6.07, 6.45) is 1.39. The summed E-state index contributed by atoms with van der Waals surface area (Å²) in [5.74, 6) is -0.393. The highest BCUT2D eigenvalue weighted by atomic mass is 35.5. The first-order valence-electron chi connectivity index (χ1n) is 7.15. The molecule has 0 aromatic heterocycles. The van der Waals surface area contributed by atoms with Crippen molar-refractivity contribution in [1.82, 2.24) is 5.32 Å². The largest absolute Gasteiger partial charge is 0.305 e. The molecule has 0 saturated heterocycles. The molecule has 0 aliphatic carbocycles. The number of amides is 1. The van der Waals surface area contributed by atoms with E-state index in [0.717, 1.165) is 0 Å². The number of amidine groups is 1. The average Bonchev–Trinajstić information content (AvgIpc) is 2.96. The van der Waals surface area contributed by atoms with Gasteiger partial charge in [-0.25, -0.2) is 4.99 Å². The fourth-order valence-corrected chi connectivity index (χ4v) is 2.48. The van der Waals surface area contributed by atoms with Gasteiger partial charge in [0.15, 0.2) is 0 Å². The van der Waals surface area contributed by atoms with Crippen molar-refractivity contribution in [2.75, 3.05) is 0 Å². The summed E-state index contributed by atoms with van der Waals surface area (Å²) in [5.41, 5.74) is 0.346. The molecular formula is C16H9ClN4O5. The molecule has 1 amide bonds. The Hall–Kier alpha value is -3.59. The second-order valence-electron chi connectivity index (χ2n) is 5.22. The Morgan fingerprint density at radius 1 is 1.08 bits per heavy atom. The lowest BCUT2D eigenvalue weighted by molar-refractivity contribution is -0.385. The summed E-state index contributed by atoms with van der Waals surface area (Å²) in [6.45, 7) is 0. The predicted octanol–water partition coefficient (Wildman–Crippen LogP) is 3.07. The van der Waals surface area contributed by atoms with E-state index in [9.17, 15) is 25.0 Å². The van der Waals surface area contributed by atoms with Gasteiger partial charge in [-0.3, -0.25) is 25.0 Å². The van der Waals surface area contributed by atoms with E-state index in [-0.39, 0.29) is 27.9 Å². The van der Waals surface area contributed by atoms with Crippen molar-refractivity contribution in [3.8, 4) is 0 Å². The standard InChI is InChI=1S/C16H9ClN4O5/c17-12-5-4-10(8-14(12)21(25)26)15-18-13(16(22)19-15)7-9-2-1-3-11(6-9)20(23)24/h1-8H,(H,18,19,22)/b13-7+. The van der Waals surface area contributed by atoms with Crippen molar-refractivity contribution in [2.24, 2.45) is 4.99 Å². The van der Waals surface area contributed by atoms with Crippen LogP contribution in [0.2, 0.25) is 5.02 Å². The molecule has 9 nitrogen and oxygen atoms in total. The van der Waals surface area contributed by atoms with Crippen LogP contribution in [0.3, 0.4) is 0 Å². The topological polar surface area (TPSA) is 128 Å². The van der Waals surface area contributed by atoms with E-state index < -0.39 is 15.8 Å². The molecule has 1 aliphatic heterocycles. The molecule has 0 atom stereocenters. The Labute approximate surface area is 150 Å². The molecular weight excluding hydrogens is 364 g/mol. The van der Waals surface area contributed by atoms with Gasteiger partial charge in [-0.15, -0.1) is 0 Å². The van der Waals surface area contributed by atoms with Crippen molar-refractivity contribution in [3.63, 3.8) is 0 Å². The van der Waals surface area contributed by atoms with Gasteiger partial charge in [0.25, 0.3) is 17.3 Å². The van der Waals surface area contributed by atoms with Gasteiger partial charge in [-0.2, -0.15) is 0 Å². The third kappa shape index (κ3) is 3.42. The number of hydrogen-bond donors (Lipinski definition) is 1. The summed E-state index contributed by atoms with van der Waals surface area (Å²) in [4.78, 5) is 36.8. The fraction of sp³-hybridized carbons (Fsp3) is 0. The number of nitro groups is 2. The third-order valence-electron chi connectivity index (χ3n) is 3.50. The van der Waals surface area contributed by atoms with Gasteiger partial charge in [-0.1, -0.05) is 23.7 Å². The molecule has 3 rings (SSSR count). The average molecular weight is 373 g/mol. The van der Waals surface area contributed by atoms with Crippen LogP contribution in [0, 0.1) is 20.2 Å². The highest BCUT2D eigenvalue weighted by Crippen LogP contribution is 2.26. The van der Waals surface area contributed by atoms with E-state index in [1.807, 2.05) is 0 Å². The maximum Gasteiger partial charge on any atom is 0.288 e. The molecule has 0 radical (unpaired) electrons. The minimum absolute atomic E-state index is 0.0260. The SMILES string of the molecule is O=C1NC(c2ccc(Cl)c([N+](=O)[O-])c2)=N/C1=C/c1cccc([N+](=O)[O-])c1. The van der Waals surface area contributed by atoms with E-state index in [1.54, 1.807) is 6.07 Å². The van der Waals surface area contributed by atoms with Crippen molar-refractivity contribution >= 4 is 40.8 Å². The summed E-state index contributed by atoms with van der Waals surface area (Å²) in [7, 11) is 0. The number of rotatable bonds is 4. The Morgan fingerprint density at radius 2 is 1.85 bits per heavy atom. The second-order valence-corrected chi connectivity index (χ2v) is 5.63. The Kier molecular flexibility index (Phi) is 4.46. The number of nitrogens with one attached hydrogen (secondary N) is 1. The first kappa shape index (κ1) is 17.2. The summed E-state index contributed by atoms with van der Waals surface area (Å²) in [6, 6.07) is 9.76. The molecule has 2 aromatic rings. The highest BCUT2D eigenvalue weighted by Gasteiger charge is 2.23. The molecule has 2 aromatic carbocycles. The quantitative estimate of drug-likeness (QED) is 0.501. The molecule has 1 N–H and O–H groups in total. The molecule has 0 bridgehead atoms. The van der Waals surface area contributed by atoms with Crippen LogP contribution in [0.4, 0.5) is 11.4 Å². The number of carbonyl (C=O) groups is 1. The molecule has 26 heavy (non-hydrogen) atoms. The van der Waals surface area contributed by atoms with Gasteiger partial charge in [-0.05, 0) is 23.8 Å². The van der Waals surface area contributed by atoms with Crippen LogP contribution >= 0.6 is 11.6 Å². The van der Waals surface area contributed by atoms with Crippen molar-refractivity contribution in [2.45, 2.75) is 0 Å². The molecule has 130 valence electrons.